The molecular formula is C25H23NO5. The summed E-state index contributed by atoms with van der Waals surface area (Å²) in [6, 6.07) is 22.7. The molecule has 0 fully saturated rings. The number of amides is 1. The number of hydrogen-bond acceptors (Lipinski definition) is 5. The van der Waals surface area contributed by atoms with Crippen LogP contribution in [0.25, 0.3) is 0 Å². The van der Waals surface area contributed by atoms with Gasteiger partial charge >= 0.3 is 5.97 Å². The number of para-hydroxylation sites is 1. The van der Waals surface area contributed by atoms with E-state index in [-0.39, 0.29) is 18.3 Å². The van der Waals surface area contributed by atoms with E-state index < -0.39 is 12.1 Å². The fourth-order valence-corrected chi connectivity index (χ4v) is 2.96. The molecule has 0 aliphatic rings. The first-order valence-electron chi connectivity index (χ1n) is 9.82. The molecule has 6 heteroatoms. The summed E-state index contributed by atoms with van der Waals surface area (Å²) in [4.78, 5) is 36.5. The standard InChI is InChI=1S/C25H23NO5/c1-17(24(28)19-12-14-21(15-13-19)26-18(2)27)31-25(29)23-11-7-6-8-20(23)16-30-22-9-4-3-5-10-22/h3-15,17H,16H2,1-2H3,(H,26,27)/t17-/m1/s1. The SMILES string of the molecule is CC(=O)Nc1ccc(C(=O)[C@@H](C)OC(=O)c2ccccc2COc2ccccc2)cc1. The van der Waals surface area contributed by atoms with Gasteiger partial charge in [0.2, 0.25) is 11.7 Å². The van der Waals surface area contributed by atoms with Gasteiger partial charge in [0.1, 0.15) is 12.4 Å². The third-order valence-electron chi connectivity index (χ3n) is 4.52. The molecule has 0 unspecified atom stereocenters. The van der Waals surface area contributed by atoms with Crippen molar-refractivity contribution < 1.29 is 23.9 Å². The second-order valence-corrected chi connectivity index (χ2v) is 6.93. The van der Waals surface area contributed by atoms with Gasteiger partial charge in [-0.1, -0.05) is 36.4 Å². The topological polar surface area (TPSA) is 81.7 Å². The van der Waals surface area contributed by atoms with Gasteiger partial charge in [-0.15, -0.1) is 0 Å². The minimum absolute atomic E-state index is 0.197. The number of hydrogen-bond donors (Lipinski definition) is 1. The lowest BCUT2D eigenvalue weighted by Crippen LogP contribution is -2.25. The molecule has 3 aromatic carbocycles. The molecule has 6 nitrogen and oxygen atoms in total. The van der Waals surface area contributed by atoms with Gasteiger partial charge in [0.25, 0.3) is 0 Å². The second-order valence-electron chi connectivity index (χ2n) is 6.93. The molecule has 1 N–H and O–H groups in total. The van der Waals surface area contributed by atoms with Gasteiger partial charge in [-0.05, 0) is 49.4 Å². The zero-order chi connectivity index (χ0) is 22.2. The Bertz CT molecular complexity index is 1060. The van der Waals surface area contributed by atoms with Crippen LogP contribution >= 0.6 is 0 Å². The zero-order valence-corrected chi connectivity index (χ0v) is 17.3. The van der Waals surface area contributed by atoms with Crippen molar-refractivity contribution in [2.24, 2.45) is 0 Å². The van der Waals surface area contributed by atoms with E-state index in [2.05, 4.69) is 5.32 Å². The molecule has 0 saturated heterocycles. The molecule has 0 aliphatic heterocycles. The van der Waals surface area contributed by atoms with Crippen molar-refractivity contribution in [3.8, 4) is 5.75 Å². The van der Waals surface area contributed by atoms with Gasteiger partial charge in [-0.2, -0.15) is 0 Å². The summed E-state index contributed by atoms with van der Waals surface area (Å²) in [5.74, 6) is -0.433. The predicted octanol–water partition coefficient (Wildman–Crippen LogP) is 4.65. The zero-order valence-electron chi connectivity index (χ0n) is 17.3. The van der Waals surface area contributed by atoms with Crippen molar-refractivity contribution in [3.05, 3.63) is 95.6 Å². The van der Waals surface area contributed by atoms with Gasteiger partial charge in [-0.25, -0.2) is 4.79 Å². The highest BCUT2D eigenvalue weighted by Gasteiger charge is 2.22. The summed E-state index contributed by atoms with van der Waals surface area (Å²) in [5, 5.41) is 2.64. The van der Waals surface area contributed by atoms with Crippen LogP contribution < -0.4 is 10.1 Å². The number of nitrogens with one attached hydrogen (secondary N) is 1. The largest absolute Gasteiger partial charge is 0.489 e. The number of ketones is 1. The molecule has 0 spiro atoms. The number of rotatable bonds is 8. The van der Waals surface area contributed by atoms with Crippen LogP contribution in [0.1, 0.15) is 40.1 Å². The first kappa shape index (κ1) is 21.8. The maximum absolute atomic E-state index is 12.7. The quantitative estimate of drug-likeness (QED) is 0.426. The van der Waals surface area contributed by atoms with Crippen LogP contribution in [0.2, 0.25) is 0 Å². The molecule has 158 valence electrons. The second kappa shape index (κ2) is 10.2. The average Bonchev–Trinajstić information content (AvgIpc) is 2.78. The molecule has 1 amide bonds. The van der Waals surface area contributed by atoms with Crippen molar-refractivity contribution in [2.75, 3.05) is 5.32 Å². The highest BCUT2D eigenvalue weighted by molar-refractivity contribution is 6.02. The van der Waals surface area contributed by atoms with E-state index in [1.165, 1.54) is 13.8 Å². The van der Waals surface area contributed by atoms with Crippen molar-refractivity contribution in [1.29, 1.82) is 0 Å². The van der Waals surface area contributed by atoms with Crippen LogP contribution in [0, 0.1) is 0 Å². The molecular weight excluding hydrogens is 394 g/mol. The normalized spacial score (nSPS) is 11.3. The Morgan fingerprint density at radius 3 is 2.19 bits per heavy atom. The monoisotopic (exact) mass is 417 g/mol. The van der Waals surface area contributed by atoms with Crippen molar-refractivity contribution >= 4 is 23.3 Å². The summed E-state index contributed by atoms with van der Waals surface area (Å²) in [5.41, 5.74) is 1.98. The third kappa shape index (κ3) is 6.02. The lowest BCUT2D eigenvalue weighted by Gasteiger charge is -2.15. The van der Waals surface area contributed by atoms with Gasteiger partial charge in [0.05, 0.1) is 5.56 Å². The van der Waals surface area contributed by atoms with E-state index in [9.17, 15) is 14.4 Å². The molecule has 3 aromatic rings. The van der Waals surface area contributed by atoms with Gasteiger partial charge < -0.3 is 14.8 Å². The van der Waals surface area contributed by atoms with E-state index >= 15 is 0 Å². The van der Waals surface area contributed by atoms with E-state index in [0.29, 0.717) is 28.1 Å². The van der Waals surface area contributed by atoms with Crippen molar-refractivity contribution in [3.63, 3.8) is 0 Å². The first-order valence-corrected chi connectivity index (χ1v) is 9.82. The van der Waals surface area contributed by atoms with Crippen LogP contribution in [0.3, 0.4) is 0 Å². The first-order chi connectivity index (χ1) is 14.9. The molecule has 1 atom stereocenters. The number of esters is 1. The molecule has 0 aliphatic carbocycles. The molecule has 3 rings (SSSR count). The number of ether oxygens (including phenoxy) is 2. The maximum Gasteiger partial charge on any atom is 0.339 e. The van der Waals surface area contributed by atoms with Crippen LogP contribution in [-0.2, 0) is 16.1 Å². The summed E-state index contributed by atoms with van der Waals surface area (Å²) in [6.07, 6.45) is -0.970. The number of carbonyl (C=O) groups excluding carboxylic acids is 3. The van der Waals surface area contributed by atoms with E-state index in [0.717, 1.165) is 0 Å². The molecule has 0 saturated carbocycles. The Balaban J connectivity index is 1.65. The predicted molar refractivity (Wildman–Crippen MR) is 117 cm³/mol. The Morgan fingerprint density at radius 2 is 1.52 bits per heavy atom. The smallest absolute Gasteiger partial charge is 0.339 e. The Labute approximate surface area is 180 Å². The molecule has 0 heterocycles. The van der Waals surface area contributed by atoms with E-state index in [1.807, 2.05) is 36.4 Å². The lowest BCUT2D eigenvalue weighted by atomic mass is 10.1. The summed E-state index contributed by atoms with van der Waals surface area (Å²) in [6.45, 7) is 3.14. The maximum atomic E-state index is 12.7. The van der Waals surface area contributed by atoms with Crippen LogP contribution in [-0.4, -0.2) is 23.8 Å². The minimum atomic E-state index is -0.970. The Morgan fingerprint density at radius 1 is 0.871 bits per heavy atom. The fourth-order valence-electron chi connectivity index (χ4n) is 2.96. The fraction of sp³-hybridized carbons (Fsp3) is 0.160. The highest BCUT2D eigenvalue weighted by atomic mass is 16.5. The molecule has 31 heavy (non-hydrogen) atoms. The Kier molecular flexibility index (Phi) is 7.17. The Hall–Kier alpha value is -3.93. The highest BCUT2D eigenvalue weighted by Crippen LogP contribution is 2.18. The number of Topliss-reactive ketones (excluding diaryl/α,β-unsaturated/α-hetero) is 1. The van der Waals surface area contributed by atoms with Gasteiger partial charge in [0, 0.05) is 23.7 Å². The lowest BCUT2D eigenvalue weighted by molar-refractivity contribution is -0.114. The van der Waals surface area contributed by atoms with Crippen LogP contribution in [0.4, 0.5) is 5.69 Å². The number of carbonyl (C=O) groups is 3. The molecule has 0 bridgehead atoms. The van der Waals surface area contributed by atoms with Crippen LogP contribution in [0.5, 0.6) is 5.75 Å². The van der Waals surface area contributed by atoms with Crippen molar-refractivity contribution in [2.45, 2.75) is 26.6 Å². The number of benzene rings is 3. The number of anilines is 1. The summed E-state index contributed by atoms with van der Waals surface area (Å²) < 4.78 is 11.2. The molecule has 0 radical (unpaired) electrons. The third-order valence-corrected chi connectivity index (χ3v) is 4.52. The summed E-state index contributed by atoms with van der Waals surface area (Å²) in [7, 11) is 0. The summed E-state index contributed by atoms with van der Waals surface area (Å²) >= 11 is 0. The average molecular weight is 417 g/mol. The van der Waals surface area contributed by atoms with Gasteiger partial charge in [0.15, 0.2) is 6.10 Å². The minimum Gasteiger partial charge on any atom is -0.489 e. The van der Waals surface area contributed by atoms with Gasteiger partial charge in [-0.3, -0.25) is 9.59 Å². The van der Waals surface area contributed by atoms with Crippen LogP contribution in [0.15, 0.2) is 78.9 Å². The van der Waals surface area contributed by atoms with E-state index in [1.54, 1.807) is 42.5 Å². The van der Waals surface area contributed by atoms with E-state index in [4.69, 9.17) is 9.47 Å². The van der Waals surface area contributed by atoms with Crippen molar-refractivity contribution in [1.82, 2.24) is 0 Å². The molecule has 0 aromatic heterocycles.